The standard InChI is InChI=1S/C14H22N4O2/c1-11-8-17(10-13-15-2-3-16-13)9-12(11)14(19)18-4-6-20-7-5-18/h2-3,11-12H,4-10H2,1H3,(H,15,16)/t11-,12-/m1/s1. The van der Waals surface area contributed by atoms with Crippen molar-refractivity contribution >= 4 is 5.91 Å². The second-order valence-electron chi connectivity index (χ2n) is 5.75. The third kappa shape index (κ3) is 2.86. The summed E-state index contributed by atoms with van der Waals surface area (Å²) in [4.78, 5) is 24.2. The molecular formula is C14H22N4O2. The van der Waals surface area contributed by atoms with Crippen molar-refractivity contribution < 1.29 is 9.53 Å². The van der Waals surface area contributed by atoms with Gasteiger partial charge in [0.15, 0.2) is 0 Å². The van der Waals surface area contributed by atoms with E-state index in [4.69, 9.17) is 4.74 Å². The number of amides is 1. The topological polar surface area (TPSA) is 61.5 Å². The Morgan fingerprint density at radius 2 is 2.25 bits per heavy atom. The summed E-state index contributed by atoms with van der Waals surface area (Å²) >= 11 is 0. The normalized spacial score (nSPS) is 27.9. The Bertz CT molecular complexity index is 442. The SMILES string of the molecule is C[C@@H]1CN(Cc2ncc[nH]2)C[C@H]1C(=O)N1CCOCC1. The van der Waals surface area contributed by atoms with Gasteiger partial charge >= 0.3 is 0 Å². The number of nitrogens with zero attached hydrogens (tertiary/aromatic N) is 3. The molecule has 0 aliphatic carbocycles. The molecule has 0 bridgehead atoms. The molecule has 3 heterocycles. The molecule has 0 unspecified atom stereocenters. The predicted molar refractivity (Wildman–Crippen MR) is 73.9 cm³/mol. The molecule has 2 aliphatic rings. The van der Waals surface area contributed by atoms with Crippen LogP contribution in [0.2, 0.25) is 0 Å². The summed E-state index contributed by atoms with van der Waals surface area (Å²) in [5.74, 6) is 1.78. The van der Waals surface area contributed by atoms with Crippen molar-refractivity contribution in [3.8, 4) is 0 Å². The molecule has 110 valence electrons. The molecule has 1 aromatic rings. The van der Waals surface area contributed by atoms with Crippen molar-refractivity contribution in [1.29, 1.82) is 0 Å². The van der Waals surface area contributed by atoms with E-state index >= 15 is 0 Å². The van der Waals surface area contributed by atoms with Gasteiger partial charge in [-0.2, -0.15) is 0 Å². The van der Waals surface area contributed by atoms with E-state index in [-0.39, 0.29) is 5.92 Å². The summed E-state index contributed by atoms with van der Waals surface area (Å²) in [6.45, 7) is 7.57. The first kappa shape index (κ1) is 13.6. The zero-order valence-electron chi connectivity index (χ0n) is 11.9. The van der Waals surface area contributed by atoms with Crippen LogP contribution in [0.15, 0.2) is 12.4 Å². The van der Waals surface area contributed by atoms with Gasteiger partial charge in [-0.05, 0) is 5.92 Å². The van der Waals surface area contributed by atoms with E-state index in [2.05, 4.69) is 21.8 Å². The van der Waals surface area contributed by atoms with Crippen LogP contribution in [0, 0.1) is 11.8 Å². The van der Waals surface area contributed by atoms with Crippen molar-refractivity contribution in [3.05, 3.63) is 18.2 Å². The third-order valence-corrected chi connectivity index (χ3v) is 4.26. The summed E-state index contributed by atoms with van der Waals surface area (Å²) in [6.07, 6.45) is 3.61. The van der Waals surface area contributed by atoms with Gasteiger partial charge in [-0.3, -0.25) is 9.69 Å². The van der Waals surface area contributed by atoms with Gasteiger partial charge in [0.1, 0.15) is 5.82 Å². The molecule has 1 aromatic heterocycles. The number of rotatable bonds is 3. The van der Waals surface area contributed by atoms with Crippen LogP contribution in [0.25, 0.3) is 0 Å². The number of likely N-dealkylation sites (tertiary alicyclic amines) is 1. The van der Waals surface area contributed by atoms with Gasteiger partial charge in [-0.25, -0.2) is 4.98 Å². The molecular weight excluding hydrogens is 256 g/mol. The lowest BCUT2D eigenvalue weighted by atomic mass is 9.96. The zero-order valence-corrected chi connectivity index (χ0v) is 11.9. The molecule has 0 spiro atoms. The Balaban J connectivity index is 1.58. The number of morpholine rings is 1. The highest BCUT2D eigenvalue weighted by molar-refractivity contribution is 5.79. The highest BCUT2D eigenvalue weighted by Gasteiger charge is 2.37. The molecule has 2 saturated heterocycles. The monoisotopic (exact) mass is 278 g/mol. The van der Waals surface area contributed by atoms with Crippen molar-refractivity contribution in [2.75, 3.05) is 39.4 Å². The van der Waals surface area contributed by atoms with Gasteiger partial charge in [0.2, 0.25) is 5.91 Å². The number of nitrogens with one attached hydrogen (secondary N) is 1. The minimum absolute atomic E-state index is 0.114. The van der Waals surface area contributed by atoms with Crippen molar-refractivity contribution in [3.63, 3.8) is 0 Å². The first-order valence-corrected chi connectivity index (χ1v) is 7.31. The Labute approximate surface area is 119 Å². The molecule has 2 aliphatic heterocycles. The van der Waals surface area contributed by atoms with Crippen LogP contribution >= 0.6 is 0 Å². The summed E-state index contributed by atoms with van der Waals surface area (Å²) in [5, 5.41) is 0. The van der Waals surface area contributed by atoms with Crippen LogP contribution in [-0.4, -0.2) is 65.1 Å². The fourth-order valence-corrected chi connectivity index (χ4v) is 3.13. The van der Waals surface area contributed by atoms with Crippen LogP contribution in [-0.2, 0) is 16.1 Å². The predicted octanol–water partition coefficient (Wildman–Crippen LogP) is 0.336. The number of carbonyl (C=O) groups is 1. The molecule has 3 rings (SSSR count). The molecule has 0 saturated carbocycles. The molecule has 2 atom stereocenters. The van der Waals surface area contributed by atoms with Crippen LogP contribution < -0.4 is 0 Å². The van der Waals surface area contributed by atoms with Gasteiger partial charge in [0, 0.05) is 38.6 Å². The summed E-state index contributed by atoms with van der Waals surface area (Å²) in [5.41, 5.74) is 0. The molecule has 1 amide bonds. The number of aromatic amines is 1. The van der Waals surface area contributed by atoms with Crippen LogP contribution in [0.1, 0.15) is 12.7 Å². The third-order valence-electron chi connectivity index (χ3n) is 4.26. The zero-order chi connectivity index (χ0) is 13.9. The van der Waals surface area contributed by atoms with E-state index in [1.165, 1.54) is 0 Å². The average Bonchev–Trinajstić information content (AvgIpc) is 3.09. The molecule has 0 aromatic carbocycles. The number of hydrogen-bond acceptors (Lipinski definition) is 4. The van der Waals surface area contributed by atoms with Crippen LogP contribution in [0.3, 0.4) is 0 Å². The van der Waals surface area contributed by atoms with Crippen molar-refractivity contribution in [2.45, 2.75) is 13.5 Å². The Morgan fingerprint density at radius 1 is 1.45 bits per heavy atom. The van der Waals surface area contributed by atoms with Crippen LogP contribution in [0.5, 0.6) is 0 Å². The Morgan fingerprint density at radius 3 is 2.95 bits per heavy atom. The highest BCUT2D eigenvalue weighted by Crippen LogP contribution is 2.26. The maximum Gasteiger partial charge on any atom is 0.227 e. The first-order chi connectivity index (χ1) is 9.74. The lowest BCUT2D eigenvalue weighted by Crippen LogP contribution is -2.45. The maximum absolute atomic E-state index is 12.6. The Kier molecular flexibility index (Phi) is 4.03. The smallest absolute Gasteiger partial charge is 0.227 e. The number of aromatic nitrogens is 2. The fourth-order valence-electron chi connectivity index (χ4n) is 3.13. The average molecular weight is 278 g/mol. The van der Waals surface area contributed by atoms with E-state index in [0.29, 0.717) is 25.0 Å². The minimum Gasteiger partial charge on any atom is -0.378 e. The van der Waals surface area contributed by atoms with E-state index in [1.807, 2.05) is 11.1 Å². The number of carbonyl (C=O) groups excluding carboxylic acids is 1. The Hall–Kier alpha value is -1.40. The number of ether oxygens (including phenoxy) is 1. The molecule has 20 heavy (non-hydrogen) atoms. The minimum atomic E-state index is 0.114. The lowest BCUT2D eigenvalue weighted by Gasteiger charge is -2.30. The summed E-state index contributed by atoms with van der Waals surface area (Å²) in [6, 6.07) is 0. The van der Waals surface area contributed by atoms with Crippen molar-refractivity contribution in [2.24, 2.45) is 11.8 Å². The largest absolute Gasteiger partial charge is 0.378 e. The van der Waals surface area contributed by atoms with E-state index < -0.39 is 0 Å². The first-order valence-electron chi connectivity index (χ1n) is 7.31. The molecule has 0 radical (unpaired) electrons. The van der Waals surface area contributed by atoms with E-state index in [0.717, 1.165) is 38.5 Å². The molecule has 6 heteroatoms. The van der Waals surface area contributed by atoms with Gasteiger partial charge in [0.25, 0.3) is 0 Å². The molecule has 1 N–H and O–H groups in total. The molecule has 2 fully saturated rings. The lowest BCUT2D eigenvalue weighted by molar-refractivity contribution is -0.140. The van der Waals surface area contributed by atoms with E-state index in [1.54, 1.807) is 6.20 Å². The van der Waals surface area contributed by atoms with Gasteiger partial charge in [-0.1, -0.05) is 6.92 Å². The molecule has 6 nitrogen and oxygen atoms in total. The second kappa shape index (κ2) is 5.93. The van der Waals surface area contributed by atoms with Crippen molar-refractivity contribution in [1.82, 2.24) is 19.8 Å². The van der Waals surface area contributed by atoms with Crippen LogP contribution in [0.4, 0.5) is 0 Å². The van der Waals surface area contributed by atoms with Gasteiger partial charge in [0.05, 0.1) is 25.7 Å². The maximum atomic E-state index is 12.6. The number of imidazole rings is 1. The van der Waals surface area contributed by atoms with Gasteiger partial charge < -0.3 is 14.6 Å². The number of hydrogen-bond donors (Lipinski definition) is 1. The fraction of sp³-hybridized carbons (Fsp3) is 0.714. The van der Waals surface area contributed by atoms with Gasteiger partial charge in [-0.15, -0.1) is 0 Å². The van der Waals surface area contributed by atoms with E-state index in [9.17, 15) is 4.79 Å². The number of H-pyrrole nitrogens is 1. The quantitative estimate of drug-likeness (QED) is 0.866. The highest BCUT2D eigenvalue weighted by atomic mass is 16.5. The second-order valence-corrected chi connectivity index (χ2v) is 5.75. The summed E-state index contributed by atoms with van der Waals surface area (Å²) in [7, 11) is 0. The summed E-state index contributed by atoms with van der Waals surface area (Å²) < 4.78 is 5.31.